The van der Waals surface area contributed by atoms with E-state index in [4.69, 9.17) is 33.7 Å². The Hall–Kier alpha value is -2.24. The first-order valence-corrected chi connectivity index (χ1v) is 8.89. The Bertz CT molecular complexity index is 796. The van der Waals surface area contributed by atoms with Gasteiger partial charge in [-0.3, -0.25) is 9.59 Å². The fourth-order valence-corrected chi connectivity index (χ4v) is 2.97. The van der Waals surface area contributed by atoms with Gasteiger partial charge in [0.15, 0.2) is 0 Å². The maximum Gasteiger partial charge on any atom is 0.308 e. The van der Waals surface area contributed by atoms with Gasteiger partial charge in [0.1, 0.15) is 0 Å². The van der Waals surface area contributed by atoms with Gasteiger partial charge >= 0.3 is 5.97 Å². The molecule has 0 fully saturated rings. The lowest BCUT2D eigenvalue weighted by Gasteiger charge is -2.19. The summed E-state index contributed by atoms with van der Waals surface area (Å²) < 4.78 is 5.00. The van der Waals surface area contributed by atoms with Crippen LogP contribution in [-0.2, 0) is 20.7 Å². The SMILES string of the molecule is CCOC(=O)CC(NC(=O)Cc1ccc(Cl)cc1Cl)c1cccc(N)c1. The van der Waals surface area contributed by atoms with Crippen LogP contribution in [0.3, 0.4) is 0 Å². The predicted molar refractivity (Wildman–Crippen MR) is 103 cm³/mol. The summed E-state index contributed by atoms with van der Waals surface area (Å²) in [6.07, 6.45) is 0.0784. The topological polar surface area (TPSA) is 81.4 Å². The summed E-state index contributed by atoms with van der Waals surface area (Å²) >= 11 is 12.0. The normalized spacial score (nSPS) is 11.7. The molecule has 3 N–H and O–H groups in total. The fraction of sp³-hybridized carbons (Fsp3) is 0.263. The second-order valence-electron chi connectivity index (χ2n) is 5.71. The number of anilines is 1. The largest absolute Gasteiger partial charge is 0.466 e. The maximum absolute atomic E-state index is 12.5. The van der Waals surface area contributed by atoms with Crippen LogP contribution >= 0.6 is 23.2 Å². The molecule has 0 aliphatic heterocycles. The van der Waals surface area contributed by atoms with Crippen molar-refractivity contribution in [3.63, 3.8) is 0 Å². The van der Waals surface area contributed by atoms with Crippen molar-refractivity contribution in [2.24, 2.45) is 0 Å². The van der Waals surface area contributed by atoms with Gasteiger partial charge in [-0.15, -0.1) is 0 Å². The van der Waals surface area contributed by atoms with Gasteiger partial charge in [-0.1, -0.05) is 41.4 Å². The molecule has 0 saturated carbocycles. The number of amides is 1. The van der Waals surface area contributed by atoms with Crippen molar-refractivity contribution in [3.05, 3.63) is 63.6 Å². The van der Waals surface area contributed by atoms with Crippen molar-refractivity contribution in [1.82, 2.24) is 5.32 Å². The lowest BCUT2D eigenvalue weighted by atomic mass is 10.0. The summed E-state index contributed by atoms with van der Waals surface area (Å²) in [6, 6.07) is 11.4. The van der Waals surface area contributed by atoms with Gasteiger partial charge in [0.05, 0.1) is 25.5 Å². The van der Waals surface area contributed by atoms with Crippen molar-refractivity contribution in [2.75, 3.05) is 12.3 Å². The Morgan fingerprint density at radius 1 is 1.19 bits per heavy atom. The van der Waals surface area contributed by atoms with Gasteiger partial charge < -0.3 is 15.8 Å². The lowest BCUT2D eigenvalue weighted by Crippen LogP contribution is -2.32. The monoisotopic (exact) mass is 394 g/mol. The molecule has 0 bridgehead atoms. The molecule has 1 atom stereocenters. The van der Waals surface area contributed by atoms with Gasteiger partial charge in [-0.05, 0) is 42.3 Å². The number of rotatable bonds is 7. The number of nitrogen functional groups attached to an aromatic ring is 1. The van der Waals surface area contributed by atoms with Crippen molar-refractivity contribution < 1.29 is 14.3 Å². The van der Waals surface area contributed by atoms with Crippen LogP contribution in [0.1, 0.15) is 30.5 Å². The number of hydrogen-bond acceptors (Lipinski definition) is 4. The molecule has 0 heterocycles. The molecule has 2 aromatic rings. The van der Waals surface area contributed by atoms with E-state index in [0.29, 0.717) is 21.3 Å². The zero-order valence-electron chi connectivity index (χ0n) is 14.3. The third-order valence-corrected chi connectivity index (χ3v) is 4.28. The van der Waals surface area contributed by atoms with E-state index in [9.17, 15) is 9.59 Å². The van der Waals surface area contributed by atoms with E-state index < -0.39 is 12.0 Å². The summed E-state index contributed by atoms with van der Waals surface area (Å²) in [6.45, 7) is 2.01. The molecule has 1 unspecified atom stereocenters. The number of benzene rings is 2. The third kappa shape index (κ3) is 5.93. The van der Waals surface area contributed by atoms with Gasteiger partial charge in [-0.2, -0.15) is 0 Å². The summed E-state index contributed by atoms with van der Waals surface area (Å²) in [5, 5.41) is 3.77. The minimum Gasteiger partial charge on any atom is -0.466 e. The van der Waals surface area contributed by atoms with E-state index in [2.05, 4.69) is 5.32 Å². The minimum atomic E-state index is -0.545. The number of nitrogens with one attached hydrogen (secondary N) is 1. The average Bonchev–Trinajstić information content (AvgIpc) is 2.57. The first-order valence-electron chi connectivity index (χ1n) is 8.13. The standard InChI is InChI=1S/C19H20Cl2N2O3/c1-2-26-19(25)11-17(13-4-3-5-15(22)8-13)23-18(24)9-12-6-7-14(20)10-16(12)21/h3-8,10,17H,2,9,11,22H2,1H3,(H,23,24). The van der Waals surface area contributed by atoms with Crippen LogP contribution in [0.2, 0.25) is 10.0 Å². The summed E-state index contributed by atoms with van der Waals surface area (Å²) in [4.78, 5) is 24.4. The van der Waals surface area contributed by atoms with Crippen LogP contribution in [-0.4, -0.2) is 18.5 Å². The molecular formula is C19H20Cl2N2O3. The fourth-order valence-electron chi connectivity index (χ4n) is 2.50. The van der Waals surface area contributed by atoms with E-state index in [1.165, 1.54) is 0 Å². The van der Waals surface area contributed by atoms with Gasteiger partial charge in [0.2, 0.25) is 5.91 Å². The third-order valence-electron chi connectivity index (χ3n) is 3.69. The van der Waals surface area contributed by atoms with Crippen molar-refractivity contribution in [1.29, 1.82) is 0 Å². The summed E-state index contributed by atoms with van der Waals surface area (Å²) in [5.74, 6) is -0.671. The Kier molecular flexibility index (Phi) is 7.30. The number of halogens is 2. The van der Waals surface area contributed by atoms with E-state index >= 15 is 0 Å². The van der Waals surface area contributed by atoms with Crippen molar-refractivity contribution in [2.45, 2.75) is 25.8 Å². The molecule has 138 valence electrons. The second-order valence-corrected chi connectivity index (χ2v) is 6.56. The first kappa shape index (κ1) is 20.1. The molecule has 26 heavy (non-hydrogen) atoms. The quantitative estimate of drug-likeness (QED) is 0.550. The van der Waals surface area contributed by atoms with Gasteiger partial charge in [0, 0.05) is 15.7 Å². The molecule has 2 rings (SSSR count). The minimum absolute atomic E-state index is 0.0113. The van der Waals surface area contributed by atoms with E-state index in [1.54, 1.807) is 49.4 Å². The molecule has 0 saturated heterocycles. The van der Waals surface area contributed by atoms with E-state index in [-0.39, 0.29) is 25.4 Å². The highest BCUT2D eigenvalue weighted by atomic mass is 35.5. The van der Waals surface area contributed by atoms with Gasteiger partial charge in [-0.25, -0.2) is 0 Å². The van der Waals surface area contributed by atoms with Crippen molar-refractivity contribution >= 4 is 40.8 Å². The highest BCUT2D eigenvalue weighted by molar-refractivity contribution is 6.35. The number of carbonyl (C=O) groups excluding carboxylic acids is 2. The summed E-state index contributed by atoms with van der Waals surface area (Å²) in [5.41, 5.74) is 7.74. The average molecular weight is 395 g/mol. The molecule has 0 aromatic heterocycles. The lowest BCUT2D eigenvalue weighted by molar-refractivity contribution is -0.143. The van der Waals surface area contributed by atoms with E-state index in [0.717, 1.165) is 5.56 Å². The molecule has 2 aromatic carbocycles. The molecule has 0 spiro atoms. The Balaban J connectivity index is 2.14. The number of nitrogens with two attached hydrogens (primary N) is 1. The van der Waals surface area contributed by atoms with Crippen LogP contribution in [0.15, 0.2) is 42.5 Å². The van der Waals surface area contributed by atoms with Crippen LogP contribution in [0.4, 0.5) is 5.69 Å². The molecule has 5 nitrogen and oxygen atoms in total. The number of esters is 1. The zero-order chi connectivity index (χ0) is 19.1. The number of ether oxygens (including phenoxy) is 1. The second kappa shape index (κ2) is 9.46. The smallest absolute Gasteiger partial charge is 0.308 e. The van der Waals surface area contributed by atoms with Crippen LogP contribution < -0.4 is 11.1 Å². The first-order chi connectivity index (χ1) is 12.4. The van der Waals surface area contributed by atoms with Crippen LogP contribution in [0.5, 0.6) is 0 Å². The van der Waals surface area contributed by atoms with Gasteiger partial charge in [0.25, 0.3) is 0 Å². The Morgan fingerprint density at radius 2 is 1.96 bits per heavy atom. The Labute approximate surface area is 162 Å². The van der Waals surface area contributed by atoms with Crippen molar-refractivity contribution in [3.8, 4) is 0 Å². The predicted octanol–water partition coefficient (Wildman–Crippen LogP) is 3.93. The highest BCUT2D eigenvalue weighted by Crippen LogP contribution is 2.23. The summed E-state index contributed by atoms with van der Waals surface area (Å²) in [7, 11) is 0. The Morgan fingerprint density at radius 3 is 2.62 bits per heavy atom. The molecular weight excluding hydrogens is 375 g/mol. The molecule has 0 radical (unpaired) electrons. The number of hydrogen-bond donors (Lipinski definition) is 2. The van der Waals surface area contributed by atoms with E-state index in [1.807, 2.05) is 0 Å². The number of carbonyl (C=O) groups is 2. The van der Waals surface area contributed by atoms with Crippen LogP contribution in [0.25, 0.3) is 0 Å². The maximum atomic E-state index is 12.5. The van der Waals surface area contributed by atoms with Crippen LogP contribution in [0, 0.1) is 0 Å². The highest BCUT2D eigenvalue weighted by Gasteiger charge is 2.20. The molecule has 0 aliphatic carbocycles. The molecule has 1 amide bonds. The zero-order valence-corrected chi connectivity index (χ0v) is 15.8. The molecule has 7 heteroatoms. The molecule has 0 aliphatic rings.